The number of amides is 2. The van der Waals surface area contributed by atoms with Crippen molar-refractivity contribution < 1.29 is 24.2 Å². The van der Waals surface area contributed by atoms with Gasteiger partial charge in [-0.2, -0.15) is 0 Å². The summed E-state index contributed by atoms with van der Waals surface area (Å²) in [6.45, 7) is 0.304. The molecule has 0 bridgehead atoms. The summed E-state index contributed by atoms with van der Waals surface area (Å²) in [5.41, 5.74) is 3.35. The van der Waals surface area contributed by atoms with Gasteiger partial charge in [0.25, 0.3) is 0 Å². The van der Waals surface area contributed by atoms with E-state index < -0.39 is 29.6 Å². The normalized spacial score (nSPS) is 16.8. The zero-order chi connectivity index (χ0) is 23.6. The summed E-state index contributed by atoms with van der Waals surface area (Å²) >= 11 is 0. The first-order valence-corrected chi connectivity index (χ1v) is 11.1. The van der Waals surface area contributed by atoms with Gasteiger partial charge in [-0.25, -0.2) is 9.59 Å². The van der Waals surface area contributed by atoms with E-state index in [1.165, 1.54) is 0 Å². The van der Waals surface area contributed by atoms with Crippen LogP contribution in [0.25, 0.3) is 11.1 Å². The molecule has 0 spiro atoms. The van der Waals surface area contributed by atoms with Gasteiger partial charge in [-0.05, 0) is 55.6 Å². The number of carboxylic acids is 1. The van der Waals surface area contributed by atoms with E-state index in [0.29, 0.717) is 12.8 Å². The van der Waals surface area contributed by atoms with Crippen molar-refractivity contribution in [1.29, 1.82) is 0 Å². The zero-order valence-electron chi connectivity index (χ0n) is 18.8. The number of ether oxygens (including phenoxy) is 1. The molecule has 2 aromatic rings. The minimum Gasteiger partial charge on any atom is -0.480 e. The number of nitrogens with one attached hydrogen (secondary N) is 2. The van der Waals surface area contributed by atoms with E-state index in [0.717, 1.165) is 28.7 Å². The molecule has 0 saturated heterocycles. The Balaban J connectivity index is 1.41. The molecular formula is C25H29N3O5. The Hall–Kier alpha value is -3.39. The molecule has 8 nitrogen and oxygen atoms in total. The number of likely N-dealkylation sites (N-methyl/N-ethyl adjacent to an activating group) is 1. The summed E-state index contributed by atoms with van der Waals surface area (Å²) in [4.78, 5) is 38.8. The van der Waals surface area contributed by atoms with Gasteiger partial charge in [0.15, 0.2) is 0 Å². The van der Waals surface area contributed by atoms with Crippen molar-refractivity contribution in [3.05, 3.63) is 59.7 Å². The molecule has 0 heterocycles. The third-order valence-corrected chi connectivity index (χ3v) is 6.48. The smallest absolute Gasteiger partial charge is 0.408 e. The van der Waals surface area contributed by atoms with E-state index in [-0.39, 0.29) is 19.1 Å². The summed E-state index contributed by atoms with van der Waals surface area (Å²) in [5.74, 6) is -1.69. The van der Waals surface area contributed by atoms with Crippen LogP contribution in [0.5, 0.6) is 0 Å². The van der Waals surface area contributed by atoms with Crippen LogP contribution in [0, 0.1) is 0 Å². The fraction of sp³-hybridized carbons (Fsp3) is 0.400. The SMILES string of the molecule is CN(C)C[C@H](NC(=O)C1(NC(=O)OCC2c3ccccc3-c3ccccc32)CCC1)C(=O)O. The van der Waals surface area contributed by atoms with Gasteiger partial charge >= 0.3 is 12.1 Å². The second-order valence-corrected chi connectivity index (χ2v) is 9.01. The Labute approximate surface area is 192 Å². The van der Waals surface area contributed by atoms with Crippen molar-refractivity contribution in [2.45, 2.75) is 36.8 Å². The average molecular weight is 452 g/mol. The van der Waals surface area contributed by atoms with Gasteiger partial charge in [0.1, 0.15) is 18.2 Å². The van der Waals surface area contributed by atoms with E-state index >= 15 is 0 Å². The quantitative estimate of drug-likeness (QED) is 0.569. The molecule has 1 fully saturated rings. The highest BCUT2D eigenvalue weighted by molar-refractivity contribution is 5.93. The maximum Gasteiger partial charge on any atom is 0.408 e. The minimum absolute atomic E-state index is 0.0780. The zero-order valence-corrected chi connectivity index (χ0v) is 18.8. The van der Waals surface area contributed by atoms with Crippen LogP contribution in [0.15, 0.2) is 48.5 Å². The number of fused-ring (bicyclic) bond motifs is 3. The predicted molar refractivity (Wildman–Crippen MR) is 123 cm³/mol. The summed E-state index contributed by atoms with van der Waals surface area (Å²) in [7, 11) is 3.46. The second-order valence-electron chi connectivity index (χ2n) is 9.01. The third-order valence-electron chi connectivity index (χ3n) is 6.48. The molecule has 1 saturated carbocycles. The first kappa shape index (κ1) is 22.8. The number of hydrogen-bond donors (Lipinski definition) is 3. The molecule has 8 heteroatoms. The Bertz CT molecular complexity index is 1020. The van der Waals surface area contributed by atoms with Crippen molar-refractivity contribution >= 4 is 18.0 Å². The highest BCUT2D eigenvalue weighted by Gasteiger charge is 2.47. The molecule has 174 valence electrons. The van der Waals surface area contributed by atoms with Crippen molar-refractivity contribution in [2.24, 2.45) is 0 Å². The predicted octanol–water partition coefficient (Wildman–Crippen LogP) is 2.58. The van der Waals surface area contributed by atoms with E-state index in [4.69, 9.17) is 4.74 Å². The number of alkyl carbamates (subject to hydrolysis) is 1. The minimum atomic E-state index is -1.14. The largest absolute Gasteiger partial charge is 0.480 e. The first-order valence-electron chi connectivity index (χ1n) is 11.1. The molecule has 0 radical (unpaired) electrons. The Morgan fingerprint density at radius 1 is 1.06 bits per heavy atom. The molecule has 33 heavy (non-hydrogen) atoms. The van der Waals surface area contributed by atoms with Crippen molar-refractivity contribution in [2.75, 3.05) is 27.2 Å². The highest BCUT2D eigenvalue weighted by Crippen LogP contribution is 2.44. The Kier molecular flexibility index (Phi) is 6.37. The van der Waals surface area contributed by atoms with Gasteiger partial charge in [0.05, 0.1) is 0 Å². The van der Waals surface area contributed by atoms with Gasteiger partial charge in [-0.1, -0.05) is 48.5 Å². The molecule has 0 aliphatic heterocycles. The third kappa shape index (κ3) is 4.57. The second kappa shape index (κ2) is 9.23. The molecule has 2 amide bonds. The van der Waals surface area contributed by atoms with Crippen LogP contribution in [0.3, 0.4) is 0 Å². The molecule has 0 aromatic heterocycles. The molecule has 4 rings (SSSR count). The molecule has 3 N–H and O–H groups in total. The van der Waals surface area contributed by atoms with Crippen LogP contribution in [-0.4, -0.2) is 66.8 Å². The molecule has 2 aliphatic rings. The fourth-order valence-electron chi connectivity index (χ4n) is 4.62. The van der Waals surface area contributed by atoms with Gasteiger partial charge in [-0.15, -0.1) is 0 Å². The summed E-state index contributed by atoms with van der Waals surface area (Å²) in [6.07, 6.45) is 0.975. The van der Waals surface area contributed by atoms with Crippen LogP contribution >= 0.6 is 0 Å². The van der Waals surface area contributed by atoms with E-state index in [1.54, 1.807) is 19.0 Å². The molecule has 2 aliphatic carbocycles. The molecule has 0 unspecified atom stereocenters. The van der Waals surface area contributed by atoms with Crippen LogP contribution in [-0.2, 0) is 14.3 Å². The number of hydrogen-bond acceptors (Lipinski definition) is 5. The van der Waals surface area contributed by atoms with Crippen molar-refractivity contribution in [3.63, 3.8) is 0 Å². The number of aliphatic carboxylic acids is 1. The maximum absolute atomic E-state index is 12.9. The van der Waals surface area contributed by atoms with E-state index in [2.05, 4.69) is 22.8 Å². The number of carbonyl (C=O) groups is 3. The van der Waals surface area contributed by atoms with Gasteiger partial charge in [0.2, 0.25) is 5.91 Å². The molecule has 2 aromatic carbocycles. The standard InChI is InChI=1S/C25H29N3O5/c1-28(2)14-21(22(29)30)26-23(31)25(12-7-13-25)27-24(32)33-15-20-18-10-5-3-8-16(18)17-9-4-6-11-19(17)20/h3-6,8-11,20-21H,7,12-15H2,1-2H3,(H,26,31)(H,27,32)(H,29,30)/t21-/m0/s1. The van der Waals surface area contributed by atoms with Crippen LogP contribution in [0.2, 0.25) is 0 Å². The first-order chi connectivity index (χ1) is 15.8. The highest BCUT2D eigenvalue weighted by atomic mass is 16.5. The lowest BCUT2D eigenvalue weighted by molar-refractivity contribution is -0.144. The lowest BCUT2D eigenvalue weighted by Gasteiger charge is -2.41. The van der Waals surface area contributed by atoms with Gasteiger partial charge in [0, 0.05) is 12.5 Å². The summed E-state index contributed by atoms with van der Waals surface area (Å²) in [6, 6.07) is 15.1. The number of carboxylic acid groups (broad SMARTS) is 1. The topological polar surface area (TPSA) is 108 Å². The van der Waals surface area contributed by atoms with Gasteiger partial charge < -0.3 is 25.4 Å². The van der Waals surface area contributed by atoms with Crippen molar-refractivity contribution in [3.8, 4) is 11.1 Å². The number of benzene rings is 2. The monoisotopic (exact) mass is 451 g/mol. The maximum atomic E-state index is 12.9. The number of nitrogens with zero attached hydrogens (tertiary/aromatic N) is 1. The molecule has 1 atom stereocenters. The molecular weight excluding hydrogens is 422 g/mol. The van der Waals surface area contributed by atoms with Crippen LogP contribution in [0.1, 0.15) is 36.3 Å². The average Bonchev–Trinajstić information content (AvgIpc) is 3.07. The van der Waals surface area contributed by atoms with E-state index in [9.17, 15) is 19.5 Å². The lowest BCUT2D eigenvalue weighted by atomic mass is 9.76. The Morgan fingerprint density at radius 2 is 1.64 bits per heavy atom. The fourth-order valence-corrected chi connectivity index (χ4v) is 4.62. The summed E-state index contributed by atoms with van der Waals surface area (Å²) < 4.78 is 5.58. The van der Waals surface area contributed by atoms with Crippen LogP contribution in [0.4, 0.5) is 4.79 Å². The number of carbonyl (C=O) groups excluding carboxylic acids is 2. The lowest BCUT2D eigenvalue weighted by Crippen LogP contribution is -2.65. The van der Waals surface area contributed by atoms with Gasteiger partial charge in [-0.3, -0.25) is 4.79 Å². The van der Waals surface area contributed by atoms with E-state index in [1.807, 2.05) is 36.4 Å². The Morgan fingerprint density at radius 3 is 2.12 bits per heavy atom. The number of rotatable bonds is 8. The van der Waals surface area contributed by atoms with Crippen LogP contribution < -0.4 is 10.6 Å². The summed E-state index contributed by atoms with van der Waals surface area (Å²) in [5, 5.41) is 14.7. The van der Waals surface area contributed by atoms with Crippen molar-refractivity contribution in [1.82, 2.24) is 15.5 Å².